The number of para-hydroxylation sites is 2. The fourth-order valence-corrected chi connectivity index (χ4v) is 9.00. The average molecular weight is 658 g/mol. The molecule has 0 N–H and O–H groups in total. The Morgan fingerprint density at radius 3 is 1.58 bits per heavy atom. The van der Waals surface area contributed by atoms with Crippen molar-refractivity contribution in [2.45, 2.75) is 0 Å². The predicted molar refractivity (Wildman–Crippen MR) is 212 cm³/mol. The van der Waals surface area contributed by atoms with Gasteiger partial charge in [-0.3, -0.25) is 0 Å². The molecule has 0 spiro atoms. The zero-order valence-corrected chi connectivity index (χ0v) is 27.6. The molecular formula is C46H27NO2S. The van der Waals surface area contributed by atoms with Gasteiger partial charge >= 0.3 is 0 Å². The fourth-order valence-electron chi connectivity index (χ4n) is 7.73. The van der Waals surface area contributed by atoms with Crippen molar-refractivity contribution in [3.05, 3.63) is 164 Å². The molecule has 8 aromatic carbocycles. The van der Waals surface area contributed by atoms with Crippen LogP contribution < -0.4 is 4.90 Å². The minimum absolute atomic E-state index is 0.859. The Kier molecular flexibility index (Phi) is 5.83. The molecule has 234 valence electrons. The van der Waals surface area contributed by atoms with Gasteiger partial charge in [0.15, 0.2) is 0 Å². The molecule has 0 bridgehead atoms. The molecule has 0 aliphatic rings. The van der Waals surface area contributed by atoms with Gasteiger partial charge in [0.05, 0.1) is 0 Å². The van der Waals surface area contributed by atoms with Crippen molar-refractivity contribution >= 4 is 103 Å². The summed E-state index contributed by atoms with van der Waals surface area (Å²) in [5.74, 6) is 0. The van der Waals surface area contributed by atoms with E-state index in [4.69, 9.17) is 8.83 Å². The van der Waals surface area contributed by atoms with Gasteiger partial charge in [-0.2, -0.15) is 0 Å². The number of benzene rings is 8. The predicted octanol–water partition coefficient (Wildman–Crippen LogP) is 14.1. The number of anilines is 3. The van der Waals surface area contributed by atoms with Gasteiger partial charge in [0.25, 0.3) is 0 Å². The number of nitrogens with zero attached hydrogens (tertiary/aromatic N) is 1. The molecule has 11 aromatic rings. The van der Waals surface area contributed by atoms with Crippen molar-refractivity contribution in [1.82, 2.24) is 0 Å². The number of hydrogen-bond donors (Lipinski definition) is 0. The Morgan fingerprint density at radius 1 is 0.400 bits per heavy atom. The maximum atomic E-state index is 6.36. The number of furan rings is 2. The van der Waals surface area contributed by atoms with Crippen molar-refractivity contribution in [2.75, 3.05) is 4.90 Å². The smallest absolute Gasteiger partial charge is 0.137 e. The molecule has 0 unspecified atom stereocenters. The van der Waals surface area contributed by atoms with Gasteiger partial charge in [-0.05, 0) is 82.6 Å². The summed E-state index contributed by atoms with van der Waals surface area (Å²) in [6.07, 6.45) is 0. The van der Waals surface area contributed by atoms with Crippen molar-refractivity contribution in [3.8, 4) is 11.1 Å². The highest BCUT2D eigenvalue weighted by molar-refractivity contribution is 7.26. The Balaban J connectivity index is 1.10. The molecule has 0 saturated carbocycles. The first-order valence-electron chi connectivity index (χ1n) is 16.8. The molecule has 3 aromatic heterocycles. The van der Waals surface area contributed by atoms with E-state index in [9.17, 15) is 0 Å². The topological polar surface area (TPSA) is 29.5 Å². The molecule has 11 rings (SSSR count). The Labute approximate surface area is 290 Å². The summed E-state index contributed by atoms with van der Waals surface area (Å²) in [6, 6.07) is 58.3. The summed E-state index contributed by atoms with van der Waals surface area (Å²) in [5.41, 5.74) is 9.01. The van der Waals surface area contributed by atoms with E-state index in [0.717, 1.165) is 60.9 Å². The Hall–Kier alpha value is -6.36. The van der Waals surface area contributed by atoms with Crippen LogP contribution in [0.15, 0.2) is 173 Å². The Morgan fingerprint density at radius 2 is 0.920 bits per heavy atom. The molecule has 0 amide bonds. The van der Waals surface area contributed by atoms with Gasteiger partial charge in [-0.15, -0.1) is 11.3 Å². The third kappa shape index (κ3) is 4.09. The van der Waals surface area contributed by atoms with E-state index >= 15 is 0 Å². The number of thiophene rings is 1. The maximum absolute atomic E-state index is 6.36. The second-order valence-corrected chi connectivity index (χ2v) is 13.9. The minimum atomic E-state index is 0.859. The quantitative estimate of drug-likeness (QED) is 0.189. The van der Waals surface area contributed by atoms with Crippen molar-refractivity contribution in [3.63, 3.8) is 0 Å². The summed E-state index contributed by atoms with van der Waals surface area (Å²) in [5, 5.41) is 9.64. The van der Waals surface area contributed by atoms with Crippen LogP contribution in [-0.4, -0.2) is 0 Å². The van der Waals surface area contributed by atoms with Crippen LogP contribution in [0, 0.1) is 0 Å². The average Bonchev–Trinajstić information content (AvgIpc) is 3.86. The molecule has 50 heavy (non-hydrogen) atoms. The molecule has 0 fully saturated rings. The van der Waals surface area contributed by atoms with Crippen LogP contribution in [0.2, 0.25) is 0 Å². The zero-order chi connectivity index (χ0) is 32.8. The van der Waals surface area contributed by atoms with Gasteiger partial charge < -0.3 is 13.7 Å². The molecule has 3 heterocycles. The lowest BCUT2D eigenvalue weighted by molar-refractivity contribution is 0.669. The highest BCUT2D eigenvalue weighted by atomic mass is 32.1. The van der Waals surface area contributed by atoms with Gasteiger partial charge in [-0.1, -0.05) is 91.0 Å². The van der Waals surface area contributed by atoms with E-state index in [1.165, 1.54) is 42.1 Å². The van der Waals surface area contributed by atoms with E-state index in [2.05, 4.69) is 144 Å². The first-order valence-corrected chi connectivity index (χ1v) is 17.6. The third-order valence-electron chi connectivity index (χ3n) is 10.0. The lowest BCUT2D eigenvalue weighted by Gasteiger charge is -2.25. The zero-order valence-electron chi connectivity index (χ0n) is 26.8. The second kappa shape index (κ2) is 10.6. The molecular weight excluding hydrogens is 631 g/mol. The van der Waals surface area contributed by atoms with Gasteiger partial charge in [0.2, 0.25) is 0 Å². The third-order valence-corrected chi connectivity index (χ3v) is 11.3. The van der Waals surface area contributed by atoms with E-state index in [0.29, 0.717) is 0 Å². The fraction of sp³-hybridized carbons (Fsp3) is 0. The van der Waals surface area contributed by atoms with Gasteiger partial charge in [0, 0.05) is 70.9 Å². The molecule has 0 aliphatic carbocycles. The molecule has 0 aliphatic heterocycles. The van der Waals surface area contributed by atoms with Crippen LogP contribution in [0.4, 0.5) is 17.1 Å². The summed E-state index contributed by atoms with van der Waals surface area (Å²) in [6.45, 7) is 0. The summed E-state index contributed by atoms with van der Waals surface area (Å²) in [4.78, 5) is 2.29. The molecule has 0 radical (unpaired) electrons. The van der Waals surface area contributed by atoms with Crippen LogP contribution in [0.5, 0.6) is 0 Å². The molecule has 0 atom stereocenters. The number of fused-ring (bicyclic) bond motifs is 11. The van der Waals surface area contributed by atoms with Crippen molar-refractivity contribution in [2.24, 2.45) is 0 Å². The highest BCUT2D eigenvalue weighted by Crippen LogP contribution is 2.46. The van der Waals surface area contributed by atoms with E-state index in [-0.39, 0.29) is 0 Å². The lowest BCUT2D eigenvalue weighted by Crippen LogP contribution is -2.09. The van der Waals surface area contributed by atoms with Crippen LogP contribution in [0.3, 0.4) is 0 Å². The first kappa shape index (κ1) is 27.6. The first-order chi connectivity index (χ1) is 24.8. The van der Waals surface area contributed by atoms with Crippen LogP contribution in [-0.2, 0) is 0 Å². The second-order valence-electron chi connectivity index (χ2n) is 12.9. The molecule has 0 saturated heterocycles. The summed E-state index contributed by atoms with van der Waals surface area (Å²) in [7, 11) is 0. The molecule has 3 nitrogen and oxygen atoms in total. The normalized spacial score (nSPS) is 12.0. The van der Waals surface area contributed by atoms with Crippen LogP contribution in [0.25, 0.3) is 85.9 Å². The SMILES string of the molecule is c1ccc2c(c1)cc(-c1ccc(N(c3ccc4c(c3)oc3ccccc34)c3ccc4c(c3)oc3ccccc34)cc1)c1c3ccccc3sc21. The van der Waals surface area contributed by atoms with Crippen molar-refractivity contribution in [1.29, 1.82) is 0 Å². The standard InChI is InChI=1S/C46H27NO2S/c1-2-10-33-29(9-1)25-39(45-38-13-5-8-16-44(38)50-46(33)45)28-17-19-30(20-18-28)47(31-21-23-36-34-11-3-6-14-40(34)48-42(36)26-31)32-22-24-37-35-12-4-7-15-41(35)49-43(37)27-32/h1-27H. The number of rotatable bonds is 4. The summed E-state index contributed by atoms with van der Waals surface area (Å²) < 4.78 is 15.4. The maximum Gasteiger partial charge on any atom is 0.137 e. The number of hydrogen-bond acceptors (Lipinski definition) is 4. The molecule has 4 heteroatoms. The van der Waals surface area contributed by atoms with Crippen molar-refractivity contribution < 1.29 is 8.83 Å². The largest absolute Gasteiger partial charge is 0.456 e. The highest BCUT2D eigenvalue weighted by Gasteiger charge is 2.19. The van der Waals surface area contributed by atoms with Crippen LogP contribution >= 0.6 is 11.3 Å². The van der Waals surface area contributed by atoms with E-state index < -0.39 is 0 Å². The monoisotopic (exact) mass is 657 g/mol. The minimum Gasteiger partial charge on any atom is -0.456 e. The van der Waals surface area contributed by atoms with E-state index in [1.807, 2.05) is 35.6 Å². The van der Waals surface area contributed by atoms with Crippen LogP contribution in [0.1, 0.15) is 0 Å². The summed E-state index contributed by atoms with van der Waals surface area (Å²) >= 11 is 1.88. The Bertz CT molecular complexity index is 2990. The van der Waals surface area contributed by atoms with Gasteiger partial charge in [-0.25, -0.2) is 0 Å². The van der Waals surface area contributed by atoms with E-state index in [1.54, 1.807) is 0 Å². The lowest BCUT2D eigenvalue weighted by atomic mass is 9.95. The van der Waals surface area contributed by atoms with Gasteiger partial charge in [0.1, 0.15) is 22.3 Å².